The van der Waals surface area contributed by atoms with E-state index in [-0.39, 0.29) is 25.3 Å². The van der Waals surface area contributed by atoms with Crippen LogP contribution >= 0.6 is 0 Å². The van der Waals surface area contributed by atoms with Crippen molar-refractivity contribution in [2.24, 2.45) is 5.41 Å². The Bertz CT molecular complexity index is 1320. The van der Waals surface area contributed by atoms with E-state index in [1.807, 2.05) is 75.3 Å². The van der Waals surface area contributed by atoms with Crippen molar-refractivity contribution in [1.29, 1.82) is 0 Å². The van der Waals surface area contributed by atoms with Gasteiger partial charge in [-0.1, -0.05) is 120 Å². The summed E-state index contributed by atoms with van der Waals surface area (Å²) in [5.41, 5.74) is -0.724. The van der Waals surface area contributed by atoms with Crippen LogP contribution in [0.4, 0.5) is 4.79 Å². The Morgan fingerprint density at radius 3 is 2.04 bits per heavy atom. The molecule has 0 aromatic heterocycles. The van der Waals surface area contributed by atoms with Crippen LogP contribution in [0, 0.1) is 17.8 Å². The quantitative estimate of drug-likeness (QED) is 0.0548. The number of amides is 5. The number of hydrogen-bond acceptors (Lipinski definition) is 6. The first-order valence-electron chi connectivity index (χ1n) is 20.7. The van der Waals surface area contributed by atoms with Crippen LogP contribution in [-0.4, -0.2) is 81.7 Å². The molecule has 4 N–H and O–H groups in total. The van der Waals surface area contributed by atoms with Gasteiger partial charge in [0.25, 0.3) is 5.91 Å². The van der Waals surface area contributed by atoms with Gasteiger partial charge < -0.3 is 26.2 Å². The maximum Gasteiger partial charge on any atom is 0.315 e. The molecular weight excluding hydrogens is 727 g/mol. The van der Waals surface area contributed by atoms with Gasteiger partial charge in [-0.2, -0.15) is 0 Å². The molecule has 2 rings (SSSR count). The average Bonchev–Trinajstić information content (AvgIpc) is 3.22. The second-order valence-electron chi connectivity index (χ2n) is 13.4. The summed E-state index contributed by atoms with van der Waals surface area (Å²) >= 11 is 0. The first kappa shape index (κ1) is 56.4. The van der Waals surface area contributed by atoms with Gasteiger partial charge in [-0.3, -0.25) is 23.4 Å². The van der Waals surface area contributed by atoms with Gasteiger partial charge in [0.15, 0.2) is 0 Å². The fourth-order valence-electron chi connectivity index (χ4n) is 5.11. The molecule has 1 heterocycles. The third kappa shape index (κ3) is 22.5. The second kappa shape index (κ2) is 34.3. The van der Waals surface area contributed by atoms with E-state index in [2.05, 4.69) is 47.6 Å². The fourth-order valence-corrected chi connectivity index (χ4v) is 6.45. The van der Waals surface area contributed by atoms with Crippen LogP contribution in [0.25, 0.3) is 0 Å². The summed E-state index contributed by atoms with van der Waals surface area (Å²) in [5, 5.41) is 10.8. The molecule has 5 atom stereocenters. The molecule has 1 aromatic rings. The lowest BCUT2D eigenvalue weighted by Crippen LogP contribution is -2.62. The van der Waals surface area contributed by atoms with E-state index in [1.165, 1.54) is 23.8 Å². The number of likely N-dealkylation sites (tertiary alicyclic amines) is 1. The van der Waals surface area contributed by atoms with Crippen molar-refractivity contribution >= 4 is 40.3 Å². The summed E-state index contributed by atoms with van der Waals surface area (Å²) in [6.45, 7) is 27.6. The van der Waals surface area contributed by atoms with E-state index < -0.39 is 69.9 Å². The summed E-state index contributed by atoms with van der Waals surface area (Å²) in [6.07, 6.45) is 12.6. The third-order valence-electron chi connectivity index (χ3n) is 8.24. The van der Waals surface area contributed by atoms with Crippen molar-refractivity contribution in [2.75, 3.05) is 18.8 Å². The van der Waals surface area contributed by atoms with Crippen LogP contribution in [0.15, 0.2) is 47.9 Å². The Balaban J connectivity index is -0.00000255. The highest BCUT2D eigenvalue weighted by molar-refractivity contribution is 7.85. The molecule has 1 saturated heterocycles. The number of piperidine rings is 1. The SMILES string of the molecule is C#CCCCC(NC(=O)C1CCCCN1C(=O)C(NC(=O)NC(CC)CS(=O)c1ccccc1)C(C)(C)C)C(=O)C(=O)NCC=C.CC.CC.CC.CCCC. The minimum atomic E-state index is -1.32. The van der Waals surface area contributed by atoms with Crippen LogP contribution in [0.5, 0.6) is 0 Å². The average molecular weight is 804 g/mol. The van der Waals surface area contributed by atoms with Crippen LogP contribution in [-0.2, 0) is 30.0 Å². The lowest BCUT2D eigenvalue weighted by molar-refractivity contribution is -0.147. The van der Waals surface area contributed by atoms with Crippen molar-refractivity contribution in [3.05, 3.63) is 43.0 Å². The van der Waals surface area contributed by atoms with Gasteiger partial charge in [0.05, 0.1) is 16.8 Å². The molecule has 0 bridgehead atoms. The molecule has 1 aromatic carbocycles. The zero-order valence-corrected chi connectivity index (χ0v) is 37.7. The molecule has 5 amide bonds. The number of nitrogens with one attached hydrogen (secondary N) is 4. The minimum absolute atomic E-state index is 0.0964. The molecule has 12 heteroatoms. The summed E-state index contributed by atoms with van der Waals surface area (Å²) in [6, 6.07) is 5.02. The van der Waals surface area contributed by atoms with Gasteiger partial charge in [0.1, 0.15) is 12.1 Å². The molecule has 0 saturated carbocycles. The van der Waals surface area contributed by atoms with E-state index in [1.54, 1.807) is 24.3 Å². The summed E-state index contributed by atoms with van der Waals surface area (Å²) < 4.78 is 12.9. The summed E-state index contributed by atoms with van der Waals surface area (Å²) in [7, 11) is -1.32. The number of nitrogens with zero attached hydrogens (tertiary/aromatic N) is 1. The smallest absolute Gasteiger partial charge is 0.315 e. The van der Waals surface area contributed by atoms with Crippen molar-refractivity contribution in [3.8, 4) is 12.3 Å². The fraction of sp³-hybridized carbons (Fsp3) is 0.659. The molecule has 1 aliphatic heterocycles. The van der Waals surface area contributed by atoms with E-state index in [9.17, 15) is 28.2 Å². The van der Waals surface area contributed by atoms with Crippen molar-refractivity contribution in [2.45, 2.75) is 170 Å². The highest BCUT2D eigenvalue weighted by atomic mass is 32.2. The van der Waals surface area contributed by atoms with Gasteiger partial charge in [-0.15, -0.1) is 18.9 Å². The zero-order valence-electron chi connectivity index (χ0n) is 36.8. The van der Waals surface area contributed by atoms with Gasteiger partial charge in [0, 0.05) is 36.2 Å². The van der Waals surface area contributed by atoms with Gasteiger partial charge in [0.2, 0.25) is 17.6 Å². The third-order valence-corrected chi connectivity index (χ3v) is 9.74. The minimum Gasteiger partial charge on any atom is -0.346 e. The topological polar surface area (TPSA) is 154 Å². The molecule has 1 fully saturated rings. The normalized spacial score (nSPS) is 15.1. The summed E-state index contributed by atoms with van der Waals surface area (Å²) in [5.74, 6) is 0.0853. The predicted molar refractivity (Wildman–Crippen MR) is 234 cm³/mol. The Kier molecular flexibility index (Phi) is 34.5. The zero-order chi connectivity index (χ0) is 43.7. The number of ketones is 1. The number of terminal acetylenes is 1. The Morgan fingerprint density at radius 1 is 0.946 bits per heavy atom. The van der Waals surface area contributed by atoms with Crippen LogP contribution in [0.3, 0.4) is 0 Å². The predicted octanol–water partition coefficient (Wildman–Crippen LogP) is 7.71. The largest absolute Gasteiger partial charge is 0.346 e. The highest BCUT2D eigenvalue weighted by Crippen LogP contribution is 2.26. The highest BCUT2D eigenvalue weighted by Gasteiger charge is 2.42. The number of carbonyl (C=O) groups excluding carboxylic acids is 5. The monoisotopic (exact) mass is 804 g/mol. The van der Waals surface area contributed by atoms with E-state index in [0.29, 0.717) is 43.4 Å². The molecule has 0 aliphatic carbocycles. The van der Waals surface area contributed by atoms with E-state index in [4.69, 9.17) is 6.42 Å². The maximum absolute atomic E-state index is 14.1. The van der Waals surface area contributed by atoms with Crippen molar-refractivity contribution in [3.63, 3.8) is 0 Å². The molecule has 5 unspecified atom stereocenters. The van der Waals surface area contributed by atoms with Gasteiger partial charge in [-0.25, -0.2) is 4.79 Å². The lowest BCUT2D eigenvalue weighted by atomic mass is 9.85. The molecular formula is C44H77N5O6S. The Labute approximate surface area is 343 Å². The first-order valence-corrected chi connectivity index (χ1v) is 22.0. The van der Waals surface area contributed by atoms with Crippen molar-refractivity contribution in [1.82, 2.24) is 26.2 Å². The lowest BCUT2D eigenvalue weighted by Gasteiger charge is -2.40. The Morgan fingerprint density at radius 2 is 1.54 bits per heavy atom. The van der Waals surface area contributed by atoms with E-state index >= 15 is 0 Å². The number of rotatable bonds is 17. The number of urea groups is 1. The van der Waals surface area contributed by atoms with Crippen LogP contribution in [0.1, 0.15) is 141 Å². The number of unbranched alkanes of at least 4 members (excludes halogenated alkanes) is 2. The standard InChI is InChI=1S/C34H49N5O6S.C4H10.3C2H6/c1-7-10-12-19-26(28(40)31(42)35-21-8-2)37-30(41)27-20-15-16-22-39(27)32(43)29(34(4,5)6)38-33(44)36-24(9-3)23-46(45)25-17-13-11-14-18-25;1-3-4-2;3*1-2/h1,8,11,13-14,17-18,24,26-27,29H,2,9-10,12,15-16,19-23H2,3-6H3,(H,35,42)(H,37,41)(H2,36,38,44);3-4H2,1-2H3;3*1-2H3. The molecule has 320 valence electrons. The molecule has 11 nitrogen and oxygen atoms in total. The van der Waals surface area contributed by atoms with E-state index in [0.717, 1.165) is 0 Å². The van der Waals surface area contributed by atoms with Crippen molar-refractivity contribution < 1.29 is 28.2 Å². The molecule has 1 aliphatic rings. The Hall–Kier alpha value is -3.98. The molecule has 56 heavy (non-hydrogen) atoms. The summed E-state index contributed by atoms with van der Waals surface area (Å²) in [4.78, 5) is 68.4. The number of Topliss-reactive ketones (excluding diaryl/α,β-unsaturated/α-hetero) is 1. The number of hydrogen-bond donors (Lipinski definition) is 4. The van der Waals surface area contributed by atoms with Gasteiger partial charge >= 0.3 is 6.03 Å². The molecule has 0 radical (unpaired) electrons. The van der Waals surface area contributed by atoms with Crippen LogP contribution in [0.2, 0.25) is 0 Å². The second-order valence-corrected chi connectivity index (χ2v) is 14.9. The number of benzene rings is 1. The van der Waals surface area contributed by atoms with Crippen LogP contribution < -0.4 is 21.3 Å². The van der Waals surface area contributed by atoms with Gasteiger partial charge in [-0.05, 0) is 56.1 Å². The number of carbonyl (C=O) groups is 5. The molecule has 0 spiro atoms. The first-order chi connectivity index (χ1) is 26.7. The maximum atomic E-state index is 14.1.